The minimum absolute atomic E-state index is 0.0587. The third-order valence-corrected chi connectivity index (χ3v) is 8.30. The van der Waals surface area contributed by atoms with Crippen LogP contribution in [-0.4, -0.2) is 40.7 Å². The standard InChI is InChI=1S/C26H24FN7O3S2/c1-14(2)30-21-11-24(31-17-6-8-20-22(10-17)38-13-29-20)28-12-18(21)26-33-32-25(37-26)15-3-7-19(27)23(9-15)39(35,36)34-16-4-5-16/h3,6-14,16,34H,4-5H2,1-2H3,(H2,28,30,31). The summed E-state index contributed by atoms with van der Waals surface area (Å²) in [5.74, 6) is 0.00503. The van der Waals surface area contributed by atoms with Crippen LogP contribution in [0.15, 0.2) is 63.5 Å². The van der Waals surface area contributed by atoms with Crippen LogP contribution in [-0.2, 0) is 10.0 Å². The first-order valence-electron chi connectivity index (χ1n) is 12.3. The number of hydrogen-bond acceptors (Lipinski definition) is 10. The molecule has 0 unspecified atom stereocenters. The molecule has 200 valence electrons. The molecule has 0 spiro atoms. The van der Waals surface area contributed by atoms with Gasteiger partial charge in [-0.3, -0.25) is 0 Å². The number of fused-ring (bicyclic) bond motifs is 1. The van der Waals surface area contributed by atoms with E-state index < -0.39 is 20.7 Å². The molecule has 1 aliphatic carbocycles. The van der Waals surface area contributed by atoms with E-state index in [2.05, 4.69) is 35.5 Å². The fraction of sp³-hybridized carbons (Fsp3) is 0.231. The molecule has 1 fully saturated rings. The van der Waals surface area contributed by atoms with Crippen molar-refractivity contribution in [3.63, 3.8) is 0 Å². The first-order valence-corrected chi connectivity index (χ1v) is 14.6. The Balaban J connectivity index is 1.30. The Morgan fingerprint density at radius 3 is 2.67 bits per heavy atom. The van der Waals surface area contributed by atoms with E-state index >= 15 is 0 Å². The van der Waals surface area contributed by atoms with E-state index in [1.165, 1.54) is 12.1 Å². The summed E-state index contributed by atoms with van der Waals surface area (Å²) in [6.45, 7) is 4.01. The average Bonchev–Trinajstić information content (AvgIpc) is 3.35. The smallest absolute Gasteiger partial charge is 0.251 e. The number of halogens is 1. The van der Waals surface area contributed by atoms with Gasteiger partial charge in [0.1, 0.15) is 16.5 Å². The lowest BCUT2D eigenvalue weighted by Crippen LogP contribution is -2.26. The van der Waals surface area contributed by atoms with Crippen molar-refractivity contribution >= 4 is 48.8 Å². The Labute approximate surface area is 227 Å². The third-order valence-electron chi connectivity index (χ3n) is 5.97. The van der Waals surface area contributed by atoms with Gasteiger partial charge in [0.25, 0.3) is 5.89 Å². The lowest BCUT2D eigenvalue weighted by Gasteiger charge is -2.15. The van der Waals surface area contributed by atoms with Gasteiger partial charge >= 0.3 is 0 Å². The van der Waals surface area contributed by atoms with Crippen LogP contribution in [0.25, 0.3) is 33.1 Å². The molecule has 3 N–H and O–H groups in total. The highest BCUT2D eigenvalue weighted by Crippen LogP contribution is 2.33. The first kappa shape index (κ1) is 25.3. The van der Waals surface area contributed by atoms with Crippen LogP contribution < -0.4 is 15.4 Å². The highest BCUT2D eigenvalue weighted by atomic mass is 32.2. The van der Waals surface area contributed by atoms with Gasteiger partial charge in [0.15, 0.2) is 0 Å². The molecule has 3 aromatic heterocycles. The van der Waals surface area contributed by atoms with E-state index in [0.717, 1.165) is 34.8 Å². The molecule has 1 aliphatic rings. The topological polar surface area (TPSA) is 135 Å². The molecule has 6 rings (SSSR count). The Morgan fingerprint density at radius 2 is 1.87 bits per heavy atom. The van der Waals surface area contributed by atoms with Gasteiger partial charge in [-0.15, -0.1) is 21.5 Å². The predicted octanol–water partition coefficient (Wildman–Crippen LogP) is 5.55. The monoisotopic (exact) mass is 565 g/mol. The molecule has 10 nitrogen and oxygen atoms in total. The fourth-order valence-electron chi connectivity index (χ4n) is 3.98. The number of nitrogens with one attached hydrogen (secondary N) is 3. The van der Waals surface area contributed by atoms with Gasteiger partial charge in [-0.2, -0.15) is 0 Å². The van der Waals surface area contributed by atoms with E-state index in [9.17, 15) is 12.8 Å². The molecule has 0 saturated heterocycles. The maximum Gasteiger partial charge on any atom is 0.251 e. The van der Waals surface area contributed by atoms with Crippen molar-refractivity contribution in [3.8, 4) is 22.9 Å². The normalized spacial score (nSPS) is 13.7. The number of sulfonamides is 1. The highest BCUT2D eigenvalue weighted by Gasteiger charge is 2.30. The Bertz CT molecular complexity index is 1780. The lowest BCUT2D eigenvalue weighted by molar-refractivity contribution is 0.555. The summed E-state index contributed by atoms with van der Waals surface area (Å²) in [5, 5.41) is 15.0. The van der Waals surface area contributed by atoms with Crippen molar-refractivity contribution in [2.45, 2.75) is 43.7 Å². The van der Waals surface area contributed by atoms with E-state index in [-0.39, 0.29) is 29.4 Å². The zero-order valence-electron chi connectivity index (χ0n) is 21.0. The second-order valence-electron chi connectivity index (χ2n) is 9.53. The van der Waals surface area contributed by atoms with Crippen molar-refractivity contribution in [1.29, 1.82) is 0 Å². The molecule has 13 heteroatoms. The van der Waals surface area contributed by atoms with Crippen molar-refractivity contribution in [2.75, 3.05) is 10.6 Å². The summed E-state index contributed by atoms with van der Waals surface area (Å²) in [6, 6.07) is 11.4. The van der Waals surface area contributed by atoms with Crippen LogP contribution in [0.5, 0.6) is 0 Å². The molecule has 0 aliphatic heterocycles. The molecule has 1 saturated carbocycles. The number of thiazole rings is 1. The second kappa shape index (κ2) is 9.98. The van der Waals surface area contributed by atoms with Crippen LogP contribution in [0.4, 0.5) is 21.6 Å². The van der Waals surface area contributed by atoms with Gasteiger partial charge in [0, 0.05) is 35.6 Å². The number of anilines is 3. The van der Waals surface area contributed by atoms with Gasteiger partial charge in [-0.1, -0.05) is 0 Å². The second-order valence-corrected chi connectivity index (χ2v) is 12.1. The molecule has 39 heavy (non-hydrogen) atoms. The molecule has 0 amide bonds. The van der Waals surface area contributed by atoms with Crippen LogP contribution in [0, 0.1) is 5.82 Å². The van der Waals surface area contributed by atoms with E-state index in [1.54, 1.807) is 17.5 Å². The molecular formula is C26H24FN7O3S2. The zero-order chi connectivity index (χ0) is 27.1. The molecular weight excluding hydrogens is 541 g/mol. The SMILES string of the molecule is CC(C)Nc1cc(Nc2ccc3ncsc3c2)ncc1-c1nnc(-c2ccc(F)c(S(=O)(=O)NC3CC3)c2)o1. The van der Waals surface area contributed by atoms with Crippen LogP contribution >= 0.6 is 11.3 Å². The summed E-state index contributed by atoms with van der Waals surface area (Å²) in [4.78, 5) is 8.38. The molecule has 3 heterocycles. The molecule has 5 aromatic rings. The minimum atomic E-state index is -4.01. The van der Waals surface area contributed by atoms with Crippen molar-refractivity contribution in [1.82, 2.24) is 24.9 Å². The highest BCUT2D eigenvalue weighted by molar-refractivity contribution is 7.89. The number of benzene rings is 2. The summed E-state index contributed by atoms with van der Waals surface area (Å²) in [7, 11) is -4.01. The first-order chi connectivity index (χ1) is 18.7. The zero-order valence-corrected chi connectivity index (χ0v) is 22.6. The van der Waals surface area contributed by atoms with E-state index in [1.807, 2.05) is 43.6 Å². The lowest BCUT2D eigenvalue weighted by atomic mass is 10.2. The van der Waals surface area contributed by atoms with Crippen LogP contribution in [0.3, 0.4) is 0 Å². The van der Waals surface area contributed by atoms with E-state index in [4.69, 9.17) is 4.42 Å². The van der Waals surface area contributed by atoms with Gasteiger partial charge in [-0.25, -0.2) is 27.5 Å². The molecule has 2 aromatic carbocycles. The maximum absolute atomic E-state index is 14.4. The number of pyridine rings is 1. The van der Waals surface area contributed by atoms with Crippen molar-refractivity contribution in [2.24, 2.45) is 0 Å². The minimum Gasteiger partial charge on any atom is -0.416 e. The average molecular weight is 566 g/mol. The largest absolute Gasteiger partial charge is 0.416 e. The maximum atomic E-state index is 14.4. The summed E-state index contributed by atoms with van der Waals surface area (Å²) >= 11 is 1.56. The van der Waals surface area contributed by atoms with Gasteiger partial charge in [0.05, 0.1) is 27.0 Å². The quantitative estimate of drug-likeness (QED) is 0.210. The number of hydrogen-bond donors (Lipinski definition) is 3. The van der Waals surface area contributed by atoms with Crippen LogP contribution in [0.2, 0.25) is 0 Å². The molecule has 0 bridgehead atoms. The van der Waals surface area contributed by atoms with E-state index in [0.29, 0.717) is 17.1 Å². The van der Waals surface area contributed by atoms with Crippen molar-refractivity contribution < 1.29 is 17.2 Å². The fourth-order valence-corrected chi connectivity index (χ4v) is 6.11. The predicted molar refractivity (Wildman–Crippen MR) is 148 cm³/mol. The van der Waals surface area contributed by atoms with Gasteiger partial charge in [-0.05, 0) is 63.1 Å². The van der Waals surface area contributed by atoms with Crippen LogP contribution in [0.1, 0.15) is 26.7 Å². The third kappa shape index (κ3) is 5.46. The number of rotatable bonds is 9. The summed E-state index contributed by atoms with van der Waals surface area (Å²) in [6.07, 6.45) is 3.10. The molecule has 0 radical (unpaired) electrons. The van der Waals surface area contributed by atoms with Gasteiger partial charge in [0.2, 0.25) is 15.9 Å². The number of aromatic nitrogens is 4. The Kier molecular flexibility index (Phi) is 6.49. The summed E-state index contributed by atoms with van der Waals surface area (Å²) < 4.78 is 49.2. The Morgan fingerprint density at radius 1 is 1.05 bits per heavy atom. The Hall–Kier alpha value is -3.94. The number of nitrogens with zero attached hydrogens (tertiary/aromatic N) is 4. The summed E-state index contributed by atoms with van der Waals surface area (Å²) in [5.41, 5.74) is 5.19. The van der Waals surface area contributed by atoms with Gasteiger partial charge < -0.3 is 15.1 Å². The molecule has 0 atom stereocenters. The van der Waals surface area contributed by atoms with Crippen molar-refractivity contribution in [3.05, 3.63) is 60.0 Å².